The van der Waals surface area contributed by atoms with Crippen molar-refractivity contribution >= 4 is 29.6 Å². The summed E-state index contributed by atoms with van der Waals surface area (Å²) in [6.45, 7) is 13.9. The van der Waals surface area contributed by atoms with Crippen molar-refractivity contribution < 1.29 is 9.53 Å². The van der Waals surface area contributed by atoms with Gasteiger partial charge in [0.2, 0.25) is 0 Å². The van der Waals surface area contributed by atoms with Crippen LogP contribution in [0.1, 0.15) is 71.6 Å². The minimum Gasteiger partial charge on any atom is -0.444 e. The highest BCUT2D eigenvalue weighted by Gasteiger charge is 2.48. The maximum atomic E-state index is 12.5. The Bertz CT molecular complexity index is 731. The van der Waals surface area contributed by atoms with Crippen LogP contribution in [0.2, 0.25) is 5.02 Å². The van der Waals surface area contributed by atoms with Crippen LogP contribution in [0.5, 0.6) is 0 Å². The Hall–Kier alpha value is -0.910. The normalized spacial score (nSPS) is 21.7. The van der Waals surface area contributed by atoms with Crippen LogP contribution in [-0.2, 0) is 11.2 Å². The number of hydrogen-bond donors (Lipinski definition) is 1. The summed E-state index contributed by atoms with van der Waals surface area (Å²) >= 11 is 8.11. The number of halogens is 1. The van der Waals surface area contributed by atoms with Gasteiger partial charge < -0.3 is 9.64 Å². The molecule has 0 aromatic heterocycles. The van der Waals surface area contributed by atoms with Crippen LogP contribution in [0.3, 0.4) is 0 Å². The van der Waals surface area contributed by atoms with Gasteiger partial charge in [-0.2, -0.15) is 0 Å². The molecule has 156 valence electrons. The van der Waals surface area contributed by atoms with Gasteiger partial charge in [-0.05, 0) is 89.5 Å². The first kappa shape index (κ1) is 21.8. The van der Waals surface area contributed by atoms with E-state index in [4.69, 9.17) is 16.3 Å². The van der Waals surface area contributed by atoms with Gasteiger partial charge in [-0.15, -0.1) is 0 Å². The van der Waals surface area contributed by atoms with E-state index in [-0.39, 0.29) is 22.3 Å². The number of amides is 1. The number of rotatable bonds is 2. The van der Waals surface area contributed by atoms with Crippen molar-refractivity contribution in [2.24, 2.45) is 5.41 Å². The van der Waals surface area contributed by atoms with Crippen molar-refractivity contribution in [3.8, 4) is 0 Å². The van der Waals surface area contributed by atoms with Crippen molar-refractivity contribution in [1.29, 1.82) is 0 Å². The van der Waals surface area contributed by atoms with Crippen LogP contribution in [0.15, 0.2) is 18.2 Å². The molecular formula is C22H33ClN2O2S. The second kappa shape index (κ2) is 7.73. The quantitative estimate of drug-likeness (QED) is 0.592. The first-order valence-corrected chi connectivity index (χ1v) is 11.3. The average molecular weight is 425 g/mol. The monoisotopic (exact) mass is 424 g/mol. The maximum Gasteiger partial charge on any atom is 0.410 e. The van der Waals surface area contributed by atoms with Gasteiger partial charge in [0.05, 0.1) is 0 Å². The van der Waals surface area contributed by atoms with E-state index < -0.39 is 5.60 Å². The Morgan fingerprint density at radius 3 is 2.43 bits per heavy atom. The second-order valence-corrected chi connectivity index (χ2v) is 12.2. The Morgan fingerprint density at radius 2 is 1.86 bits per heavy atom. The fourth-order valence-electron chi connectivity index (χ4n) is 4.16. The van der Waals surface area contributed by atoms with Gasteiger partial charge in [-0.3, -0.25) is 4.72 Å². The van der Waals surface area contributed by atoms with E-state index in [2.05, 4.69) is 37.6 Å². The summed E-state index contributed by atoms with van der Waals surface area (Å²) in [7, 11) is 0. The summed E-state index contributed by atoms with van der Waals surface area (Å²) < 4.78 is 9.47. The highest BCUT2D eigenvalue weighted by Crippen LogP contribution is 2.53. The number of nitrogens with zero attached hydrogens (tertiary/aromatic N) is 1. The lowest BCUT2D eigenvalue weighted by Crippen LogP contribution is -2.48. The topological polar surface area (TPSA) is 41.6 Å². The third kappa shape index (κ3) is 4.98. The van der Waals surface area contributed by atoms with Crippen molar-refractivity contribution in [3.63, 3.8) is 0 Å². The van der Waals surface area contributed by atoms with E-state index in [0.29, 0.717) is 0 Å². The van der Waals surface area contributed by atoms with Gasteiger partial charge in [0.1, 0.15) is 5.60 Å². The van der Waals surface area contributed by atoms with Gasteiger partial charge in [0, 0.05) is 28.9 Å². The molecule has 4 nitrogen and oxygen atoms in total. The number of fused-ring (bicyclic) bond motifs is 1. The lowest BCUT2D eigenvalue weighted by molar-refractivity contribution is 0.00733. The standard InChI is InChI=1S/C22H33ClN2O2S/c1-20(2,3)27-19(26)25-11-9-22(10-12-25)14-15-7-8-16(23)13-17(15)18(22)24-28-21(4,5)6/h7-8,13,18,24H,9-12,14H2,1-6H3. The molecule has 1 N–H and O–H groups in total. The van der Waals surface area contributed by atoms with Crippen molar-refractivity contribution in [2.45, 2.75) is 77.2 Å². The van der Waals surface area contributed by atoms with Crippen molar-refractivity contribution in [3.05, 3.63) is 34.3 Å². The molecule has 1 spiro atoms. The van der Waals surface area contributed by atoms with Gasteiger partial charge in [0.15, 0.2) is 0 Å². The van der Waals surface area contributed by atoms with Crippen LogP contribution in [-0.4, -0.2) is 34.4 Å². The molecule has 1 saturated heterocycles. The molecule has 1 heterocycles. The lowest BCUT2D eigenvalue weighted by atomic mass is 9.73. The smallest absolute Gasteiger partial charge is 0.410 e. The van der Waals surface area contributed by atoms with Crippen molar-refractivity contribution in [1.82, 2.24) is 9.62 Å². The molecule has 1 aromatic carbocycles. The minimum absolute atomic E-state index is 0.115. The predicted octanol–water partition coefficient (Wildman–Crippen LogP) is 5.99. The SMILES string of the molecule is CC(C)(C)OC(=O)N1CCC2(CC1)Cc1ccc(Cl)cc1C2NSC(C)(C)C. The van der Waals surface area contributed by atoms with E-state index in [1.54, 1.807) is 11.9 Å². The Labute approximate surface area is 178 Å². The molecule has 0 saturated carbocycles. The molecule has 1 fully saturated rings. The molecule has 2 aliphatic rings. The van der Waals surface area contributed by atoms with Crippen molar-refractivity contribution in [2.75, 3.05) is 13.1 Å². The number of carbonyl (C=O) groups excluding carboxylic acids is 1. The minimum atomic E-state index is -0.458. The van der Waals surface area contributed by atoms with E-state index in [9.17, 15) is 4.79 Å². The molecule has 1 aliphatic heterocycles. The molecule has 1 atom stereocenters. The number of piperidine rings is 1. The van der Waals surface area contributed by atoms with Gasteiger partial charge in [-0.25, -0.2) is 4.79 Å². The van der Waals surface area contributed by atoms with Crippen LogP contribution in [0, 0.1) is 5.41 Å². The average Bonchev–Trinajstić information content (AvgIpc) is 2.83. The number of benzene rings is 1. The molecule has 0 bridgehead atoms. The number of hydrogen-bond acceptors (Lipinski definition) is 4. The maximum absolute atomic E-state index is 12.5. The summed E-state index contributed by atoms with van der Waals surface area (Å²) in [5, 5.41) is 0.787. The highest BCUT2D eigenvalue weighted by atomic mass is 35.5. The van der Waals surface area contributed by atoms with Crippen LogP contribution >= 0.6 is 23.5 Å². The molecular weight excluding hydrogens is 392 g/mol. The Morgan fingerprint density at radius 1 is 1.21 bits per heavy atom. The lowest BCUT2D eigenvalue weighted by Gasteiger charge is -2.44. The summed E-state index contributed by atoms with van der Waals surface area (Å²) in [4.78, 5) is 14.3. The third-order valence-corrected chi connectivity index (χ3v) is 6.67. The second-order valence-electron chi connectivity index (χ2n) is 10.1. The van der Waals surface area contributed by atoms with E-state index in [1.165, 1.54) is 11.1 Å². The Kier molecular flexibility index (Phi) is 6.02. The van der Waals surface area contributed by atoms with E-state index in [1.807, 2.05) is 31.7 Å². The Balaban J connectivity index is 1.77. The summed E-state index contributed by atoms with van der Waals surface area (Å²) in [6.07, 6.45) is 2.75. The van der Waals surface area contributed by atoms with Gasteiger partial charge in [0.25, 0.3) is 0 Å². The van der Waals surface area contributed by atoms with Crippen LogP contribution in [0.25, 0.3) is 0 Å². The number of likely N-dealkylation sites (tertiary alicyclic amines) is 1. The molecule has 1 amide bonds. The third-order valence-electron chi connectivity index (χ3n) is 5.47. The molecule has 1 aliphatic carbocycles. The molecule has 3 rings (SSSR count). The van der Waals surface area contributed by atoms with E-state index in [0.717, 1.165) is 37.4 Å². The summed E-state index contributed by atoms with van der Waals surface area (Å²) in [5.74, 6) is 0. The number of ether oxygens (including phenoxy) is 1. The zero-order chi connectivity index (χ0) is 20.7. The van der Waals surface area contributed by atoms with Gasteiger partial charge >= 0.3 is 6.09 Å². The van der Waals surface area contributed by atoms with Crippen LogP contribution in [0.4, 0.5) is 4.79 Å². The van der Waals surface area contributed by atoms with Gasteiger partial charge in [-0.1, -0.05) is 29.6 Å². The summed E-state index contributed by atoms with van der Waals surface area (Å²) in [6, 6.07) is 6.52. The zero-order valence-electron chi connectivity index (χ0n) is 17.9. The van der Waals surface area contributed by atoms with E-state index >= 15 is 0 Å². The zero-order valence-corrected chi connectivity index (χ0v) is 19.5. The molecule has 28 heavy (non-hydrogen) atoms. The molecule has 1 aromatic rings. The molecule has 6 heteroatoms. The highest BCUT2D eigenvalue weighted by molar-refractivity contribution is 7.98. The first-order valence-electron chi connectivity index (χ1n) is 10.1. The number of nitrogens with one attached hydrogen (secondary N) is 1. The van der Waals surface area contributed by atoms with Crippen LogP contribution < -0.4 is 4.72 Å². The largest absolute Gasteiger partial charge is 0.444 e. The molecule has 1 unspecified atom stereocenters. The fraction of sp³-hybridized carbons (Fsp3) is 0.682. The first-order chi connectivity index (χ1) is 12.9. The predicted molar refractivity (Wildman–Crippen MR) is 118 cm³/mol. The fourth-order valence-corrected chi connectivity index (χ4v) is 5.19. The molecule has 0 radical (unpaired) electrons. The summed E-state index contributed by atoms with van der Waals surface area (Å²) in [5.41, 5.74) is 2.35. The number of carbonyl (C=O) groups is 1.